The van der Waals surface area contributed by atoms with Crippen LogP contribution < -0.4 is 0 Å². The van der Waals surface area contributed by atoms with E-state index in [-0.39, 0.29) is 13.2 Å². The molecule has 0 aliphatic heterocycles. The number of unbranched alkanes of at least 4 members (excludes halogenated alkanes) is 1. The highest BCUT2D eigenvalue weighted by Gasteiger charge is 1.92. The zero-order valence-corrected chi connectivity index (χ0v) is 6.51. The smallest absolute Gasteiger partial charge is 0.0642 e. The van der Waals surface area contributed by atoms with Crippen molar-refractivity contribution in [1.29, 1.82) is 0 Å². The van der Waals surface area contributed by atoms with Gasteiger partial charge in [0.25, 0.3) is 0 Å². The highest BCUT2D eigenvalue weighted by molar-refractivity contribution is 5.01. The molecular formula is C8H16O2. The van der Waals surface area contributed by atoms with Crippen LogP contribution in [0.4, 0.5) is 0 Å². The molecule has 60 valence electrons. The zero-order chi connectivity index (χ0) is 7.82. The summed E-state index contributed by atoms with van der Waals surface area (Å²) in [5.74, 6) is 0. The highest BCUT2D eigenvalue weighted by atomic mass is 16.3. The summed E-state index contributed by atoms with van der Waals surface area (Å²) in [6, 6.07) is 0. The van der Waals surface area contributed by atoms with Crippen molar-refractivity contribution in [1.82, 2.24) is 0 Å². The van der Waals surface area contributed by atoms with Gasteiger partial charge in [-0.15, -0.1) is 0 Å². The maximum Gasteiger partial charge on any atom is 0.0642 e. The van der Waals surface area contributed by atoms with Crippen molar-refractivity contribution in [2.24, 2.45) is 0 Å². The Morgan fingerprint density at radius 2 is 2.10 bits per heavy atom. The van der Waals surface area contributed by atoms with Gasteiger partial charge in [0.1, 0.15) is 0 Å². The topological polar surface area (TPSA) is 40.5 Å². The predicted molar refractivity (Wildman–Crippen MR) is 41.8 cm³/mol. The van der Waals surface area contributed by atoms with Crippen molar-refractivity contribution in [3.05, 3.63) is 11.6 Å². The first kappa shape index (κ1) is 9.66. The van der Waals surface area contributed by atoms with Crippen molar-refractivity contribution in [2.45, 2.75) is 26.2 Å². The number of hydrogen-bond acceptors (Lipinski definition) is 2. The SMILES string of the molecule is CCCCC(=CCO)CO. The minimum atomic E-state index is 0.0413. The lowest BCUT2D eigenvalue weighted by Crippen LogP contribution is -1.92. The van der Waals surface area contributed by atoms with Gasteiger partial charge in [-0.2, -0.15) is 0 Å². The Hall–Kier alpha value is -0.340. The molecule has 0 radical (unpaired) electrons. The maximum absolute atomic E-state index is 8.70. The fourth-order valence-electron chi connectivity index (χ4n) is 0.779. The Balaban J connectivity index is 3.49. The molecule has 0 spiro atoms. The third-order valence-electron chi connectivity index (χ3n) is 1.43. The van der Waals surface area contributed by atoms with E-state index in [0.29, 0.717) is 0 Å². The lowest BCUT2D eigenvalue weighted by atomic mass is 10.1. The van der Waals surface area contributed by atoms with Gasteiger partial charge in [-0.05, 0) is 18.4 Å². The molecule has 0 aromatic heterocycles. The summed E-state index contributed by atoms with van der Waals surface area (Å²) in [5.41, 5.74) is 0.948. The van der Waals surface area contributed by atoms with Crippen LogP contribution in [0.1, 0.15) is 26.2 Å². The van der Waals surface area contributed by atoms with E-state index in [1.54, 1.807) is 6.08 Å². The molecule has 2 N–H and O–H groups in total. The molecule has 0 rings (SSSR count). The van der Waals surface area contributed by atoms with E-state index in [0.717, 1.165) is 24.8 Å². The summed E-state index contributed by atoms with van der Waals surface area (Å²) >= 11 is 0. The van der Waals surface area contributed by atoms with Crippen LogP contribution in [0.5, 0.6) is 0 Å². The molecule has 10 heavy (non-hydrogen) atoms. The van der Waals surface area contributed by atoms with Gasteiger partial charge in [0.2, 0.25) is 0 Å². The van der Waals surface area contributed by atoms with Gasteiger partial charge in [0.15, 0.2) is 0 Å². The van der Waals surface area contributed by atoms with Crippen LogP contribution >= 0.6 is 0 Å². The molecule has 0 saturated carbocycles. The van der Waals surface area contributed by atoms with Crippen molar-refractivity contribution in [2.75, 3.05) is 13.2 Å². The number of aliphatic hydroxyl groups is 2. The van der Waals surface area contributed by atoms with Gasteiger partial charge < -0.3 is 10.2 Å². The van der Waals surface area contributed by atoms with E-state index < -0.39 is 0 Å². The summed E-state index contributed by atoms with van der Waals surface area (Å²) in [7, 11) is 0. The van der Waals surface area contributed by atoms with Gasteiger partial charge >= 0.3 is 0 Å². The second-order valence-electron chi connectivity index (χ2n) is 2.31. The average molecular weight is 144 g/mol. The molecule has 0 fully saturated rings. The Morgan fingerprint density at radius 3 is 2.50 bits per heavy atom. The van der Waals surface area contributed by atoms with Crippen molar-refractivity contribution in [3.8, 4) is 0 Å². The van der Waals surface area contributed by atoms with E-state index in [1.165, 1.54) is 0 Å². The Kier molecular flexibility index (Phi) is 6.55. The molecule has 0 saturated heterocycles. The number of hydrogen-bond donors (Lipinski definition) is 2. The predicted octanol–water partition coefficient (Wildman–Crippen LogP) is 1.09. The second kappa shape index (κ2) is 6.78. The van der Waals surface area contributed by atoms with Crippen LogP contribution in [0.3, 0.4) is 0 Å². The lowest BCUT2D eigenvalue weighted by molar-refractivity contribution is 0.315. The van der Waals surface area contributed by atoms with Gasteiger partial charge in [-0.3, -0.25) is 0 Å². The van der Waals surface area contributed by atoms with Gasteiger partial charge in [-0.1, -0.05) is 19.4 Å². The summed E-state index contributed by atoms with van der Waals surface area (Å²) in [4.78, 5) is 0. The quantitative estimate of drug-likeness (QED) is 0.567. The maximum atomic E-state index is 8.70. The third kappa shape index (κ3) is 4.53. The molecule has 0 aromatic rings. The normalized spacial score (nSPS) is 12.1. The first-order valence-corrected chi connectivity index (χ1v) is 3.74. The van der Waals surface area contributed by atoms with Crippen molar-refractivity contribution >= 4 is 0 Å². The highest BCUT2D eigenvalue weighted by Crippen LogP contribution is 2.05. The Labute approximate surface area is 62.2 Å². The number of aliphatic hydroxyl groups excluding tert-OH is 2. The van der Waals surface area contributed by atoms with E-state index in [2.05, 4.69) is 6.92 Å². The van der Waals surface area contributed by atoms with Gasteiger partial charge in [0, 0.05) is 0 Å². The number of rotatable bonds is 5. The zero-order valence-electron chi connectivity index (χ0n) is 6.51. The van der Waals surface area contributed by atoms with E-state index in [1.807, 2.05) is 0 Å². The first-order valence-electron chi connectivity index (χ1n) is 3.74. The fraction of sp³-hybridized carbons (Fsp3) is 0.750. The van der Waals surface area contributed by atoms with Crippen molar-refractivity contribution in [3.63, 3.8) is 0 Å². The van der Waals surface area contributed by atoms with Crippen LogP contribution in [-0.2, 0) is 0 Å². The first-order chi connectivity index (χ1) is 4.85. The standard InChI is InChI=1S/C8H16O2/c1-2-3-4-8(7-10)5-6-9/h5,9-10H,2-4,6-7H2,1H3. The summed E-state index contributed by atoms with van der Waals surface area (Å²) in [6.07, 6.45) is 4.80. The van der Waals surface area contributed by atoms with Crippen LogP contribution in [0.15, 0.2) is 11.6 Å². The van der Waals surface area contributed by atoms with Crippen LogP contribution in [0.25, 0.3) is 0 Å². The molecule has 0 aliphatic rings. The molecule has 2 heteroatoms. The lowest BCUT2D eigenvalue weighted by Gasteiger charge is -2.00. The summed E-state index contributed by atoms with van der Waals surface area (Å²) < 4.78 is 0. The molecule has 0 aliphatic carbocycles. The second-order valence-corrected chi connectivity index (χ2v) is 2.31. The molecule has 0 unspecified atom stereocenters. The average Bonchev–Trinajstić information content (AvgIpc) is 1.98. The minimum Gasteiger partial charge on any atom is -0.392 e. The van der Waals surface area contributed by atoms with E-state index >= 15 is 0 Å². The molecule has 0 bridgehead atoms. The summed E-state index contributed by atoms with van der Waals surface area (Å²) in [5, 5.41) is 17.2. The van der Waals surface area contributed by atoms with E-state index in [9.17, 15) is 0 Å². The van der Waals surface area contributed by atoms with Gasteiger partial charge in [0.05, 0.1) is 13.2 Å². The molecule has 0 atom stereocenters. The molecule has 0 aromatic carbocycles. The molecule has 0 heterocycles. The minimum absolute atomic E-state index is 0.0413. The summed E-state index contributed by atoms with van der Waals surface area (Å²) in [6.45, 7) is 2.23. The molecular weight excluding hydrogens is 128 g/mol. The molecule has 0 amide bonds. The van der Waals surface area contributed by atoms with Crippen LogP contribution in [-0.4, -0.2) is 23.4 Å². The molecule has 2 nitrogen and oxygen atoms in total. The largest absolute Gasteiger partial charge is 0.392 e. The van der Waals surface area contributed by atoms with E-state index in [4.69, 9.17) is 10.2 Å². The van der Waals surface area contributed by atoms with Gasteiger partial charge in [-0.25, -0.2) is 0 Å². The Morgan fingerprint density at radius 1 is 1.40 bits per heavy atom. The van der Waals surface area contributed by atoms with Crippen molar-refractivity contribution < 1.29 is 10.2 Å². The monoisotopic (exact) mass is 144 g/mol. The van der Waals surface area contributed by atoms with Crippen LogP contribution in [0.2, 0.25) is 0 Å². The fourth-order valence-corrected chi connectivity index (χ4v) is 0.779. The Bertz CT molecular complexity index is 97.4. The van der Waals surface area contributed by atoms with Crippen LogP contribution in [0, 0.1) is 0 Å². The third-order valence-corrected chi connectivity index (χ3v) is 1.43.